The molecular formula is C12H23N3O2. The highest BCUT2D eigenvalue weighted by Gasteiger charge is 2.39. The summed E-state index contributed by atoms with van der Waals surface area (Å²) in [5, 5.41) is 8.67. The minimum absolute atomic E-state index is 0.0388. The van der Waals surface area contributed by atoms with Crippen LogP contribution in [0.25, 0.3) is 0 Å². The summed E-state index contributed by atoms with van der Waals surface area (Å²) in [6.07, 6.45) is 3.67. The van der Waals surface area contributed by atoms with Gasteiger partial charge in [-0.1, -0.05) is 13.3 Å². The van der Waals surface area contributed by atoms with Gasteiger partial charge in [0.05, 0.1) is 12.1 Å². The van der Waals surface area contributed by atoms with Crippen LogP contribution in [0.4, 0.5) is 0 Å². The summed E-state index contributed by atoms with van der Waals surface area (Å²) in [5.41, 5.74) is -0.443. The summed E-state index contributed by atoms with van der Waals surface area (Å²) < 4.78 is 0. The summed E-state index contributed by atoms with van der Waals surface area (Å²) in [6, 6.07) is 0. The van der Waals surface area contributed by atoms with Crippen LogP contribution in [0.5, 0.6) is 0 Å². The third-order valence-corrected chi connectivity index (χ3v) is 3.14. The lowest BCUT2D eigenvalue weighted by Crippen LogP contribution is -2.54. The predicted molar refractivity (Wildman–Crippen MR) is 66.6 cm³/mol. The van der Waals surface area contributed by atoms with Gasteiger partial charge in [-0.25, -0.2) is 0 Å². The van der Waals surface area contributed by atoms with E-state index in [0.717, 1.165) is 32.2 Å². The first-order chi connectivity index (χ1) is 8.14. The minimum Gasteiger partial charge on any atom is -0.355 e. The Morgan fingerprint density at radius 2 is 2.06 bits per heavy atom. The highest BCUT2D eigenvalue weighted by molar-refractivity contribution is 5.90. The van der Waals surface area contributed by atoms with E-state index >= 15 is 0 Å². The molecule has 0 aromatic rings. The fourth-order valence-corrected chi connectivity index (χ4v) is 2.34. The topological polar surface area (TPSA) is 70.2 Å². The zero-order chi connectivity index (χ0) is 12.7. The molecule has 17 heavy (non-hydrogen) atoms. The van der Waals surface area contributed by atoms with Crippen molar-refractivity contribution >= 4 is 11.8 Å². The van der Waals surface area contributed by atoms with Gasteiger partial charge in [-0.3, -0.25) is 9.59 Å². The number of hydrogen-bond acceptors (Lipinski definition) is 3. The van der Waals surface area contributed by atoms with Gasteiger partial charge < -0.3 is 16.0 Å². The Balaban J connectivity index is 2.46. The van der Waals surface area contributed by atoms with Crippen LogP contribution in [0, 0.1) is 0 Å². The monoisotopic (exact) mass is 241 g/mol. The molecule has 0 bridgehead atoms. The first-order valence-electron chi connectivity index (χ1n) is 6.44. The van der Waals surface area contributed by atoms with E-state index in [0.29, 0.717) is 6.54 Å². The van der Waals surface area contributed by atoms with Crippen molar-refractivity contribution in [2.75, 3.05) is 19.6 Å². The fourth-order valence-electron chi connectivity index (χ4n) is 2.34. The zero-order valence-corrected chi connectivity index (χ0v) is 10.8. The summed E-state index contributed by atoms with van der Waals surface area (Å²) in [7, 11) is 0. The maximum atomic E-state index is 12.1. The van der Waals surface area contributed by atoms with E-state index in [1.165, 1.54) is 0 Å². The molecule has 1 fully saturated rings. The Kier molecular flexibility index (Phi) is 5.41. The van der Waals surface area contributed by atoms with E-state index in [1.807, 2.05) is 6.92 Å². The average Bonchev–Trinajstić information content (AvgIpc) is 2.77. The molecule has 0 aromatic carbocycles. The predicted octanol–water partition coefficient (Wildman–Crippen LogP) is 0.161. The maximum absolute atomic E-state index is 12.1. The number of carbonyl (C=O) groups excluding carboxylic acids is 2. The van der Waals surface area contributed by atoms with Crippen LogP contribution in [0.1, 0.15) is 39.5 Å². The lowest BCUT2D eigenvalue weighted by molar-refractivity contribution is -0.130. The van der Waals surface area contributed by atoms with Gasteiger partial charge in [-0.05, 0) is 32.7 Å². The molecule has 98 valence electrons. The average molecular weight is 241 g/mol. The van der Waals surface area contributed by atoms with Crippen molar-refractivity contribution in [2.24, 2.45) is 0 Å². The van der Waals surface area contributed by atoms with Crippen molar-refractivity contribution < 1.29 is 9.59 Å². The molecule has 1 unspecified atom stereocenters. The van der Waals surface area contributed by atoms with Gasteiger partial charge in [0.15, 0.2) is 0 Å². The molecule has 2 amide bonds. The van der Waals surface area contributed by atoms with E-state index in [-0.39, 0.29) is 18.4 Å². The highest BCUT2D eigenvalue weighted by Crippen LogP contribution is 2.24. The normalized spacial score (nSPS) is 23.4. The van der Waals surface area contributed by atoms with Crippen molar-refractivity contribution in [3.8, 4) is 0 Å². The van der Waals surface area contributed by atoms with Gasteiger partial charge in [0.1, 0.15) is 0 Å². The molecule has 1 atom stereocenters. The molecular weight excluding hydrogens is 218 g/mol. The van der Waals surface area contributed by atoms with E-state index in [1.54, 1.807) is 0 Å². The molecule has 0 saturated carbocycles. The second-order valence-electron chi connectivity index (χ2n) is 4.50. The molecule has 1 aliphatic heterocycles. The lowest BCUT2D eigenvalue weighted by Gasteiger charge is -2.27. The summed E-state index contributed by atoms with van der Waals surface area (Å²) >= 11 is 0. The minimum atomic E-state index is -0.443. The Bertz CT molecular complexity index is 273. The van der Waals surface area contributed by atoms with E-state index in [9.17, 15) is 9.59 Å². The number of rotatable bonds is 6. The molecule has 1 heterocycles. The van der Waals surface area contributed by atoms with Crippen molar-refractivity contribution in [3.05, 3.63) is 0 Å². The molecule has 0 radical (unpaired) electrons. The summed E-state index contributed by atoms with van der Waals surface area (Å²) in [5.74, 6) is -0.173. The van der Waals surface area contributed by atoms with Crippen molar-refractivity contribution in [1.29, 1.82) is 0 Å². The number of likely N-dealkylation sites (N-methyl/N-ethyl adjacent to an activating group) is 1. The molecule has 1 saturated heterocycles. The number of amides is 2. The molecule has 5 heteroatoms. The third kappa shape index (κ3) is 3.70. The molecule has 1 rings (SSSR count). The smallest absolute Gasteiger partial charge is 0.240 e. The van der Waals surface area contributed by atoms with Crippen LogP contribution in [0.2, 0.25) is 0 Å². The molecule has 5 nitrogen and oxygen atoms in total. The SMILES string of the molecule is CCCC1(C(=O)NCC(=O)NCC)CCCN1. The largest absolute Gasteiger partial charge is 0.355 e. The van der Waals surface area contributed by atoms with Gasteiger partial charge in [0.2, 0.25) is 11.8 Å². The second kappa shape index (κ2) is 6.59. The first kappa shape index (κ1) is 14.0. The van der Waals surface area contributed by atoms with Crippen LogP contribution in [-0.2, 0) is 9.59 Å². The Hall–Kier alpha value is -1.10. The van der Waals surface area contributed by atoms with Gasteiger partial charge >= 0.3 is 0 Å². The second-order valence-corrected chi connectivity index (χ2v) is 4.50. The van der Waals surface area contributed by atoms with E-state index < -0.39 is 5.54 Å². The molecule has 0 aromatic heterocycles. The van der Waals surface area contributed by atoms with Gasteiger partial charge in [-0.15, -0.1) is 0 Å². The number of carbonyl (C=O) groups is 2. The zero-order valence-electron chi connectivity index (χ0n) is 10.8. The standard InChI is InChI=1S/C12H23N3O2/c1-3-6-12(7-5-8-15-12)11(17)14-9-10(16)13-4-2/h15H,3-9H2,1-2H3,(H,13,16)(H,14,17). The first-order valence-corrected chi connectivity index (χ1v) is 6.44. The van der Waals surface area contributed by atoms with Gasteiger partial charge in [0.25, 0.3) is 0 Å². The lowest BCUT2D eigenvalue weighted by atomic mass is 9.91. The van der Waals surface area contributed by atoms with Crippen LogP contribution in [0.15, 0.2) is 0 Å². The number of hydrogen-bond donors (Lipinski definition) is 3. The van der Waals surface area contributed by atoms with Gasteiger partial charge in [0, 0.05) is 6.54 Å². The van der Waals surface area contributed by atoms with Crippen molar-refractivity contribution in [3.63, 3.8) is 0 Å². The molecule has 1 aliphatic rings. The van der Waals surface area contributed by atoms with E-state index in [4.69, 9.17) is 0 Å². The van der Waals surface area contributed by atoms with Crippen LogP contribution in [0.3, 0.4) is 0 Å². The van der Waals surface area contributed by atoms with Crippen LogP contribution in [-0.4, -0.2) is 37.0 Å². The Morgan fingerprint density at radius 3 is 2.59 bits per heavy atom. The quantitative estimate of drug-likeness (QED) is 0.620. The fraction of sp³-hybridized carbons (Fsp3) is 0.833. The van der Waals surface area contributed by atoms with E-state index in [2.05, 4.69) is 22.9 Å². The molecule has 0 spiro atoms. The van der Waals surface area contributed by atoms with Crippen molar-refractivity contribution in [1.82, 2.24) is 16.0 Å². The molecule has 3 N–H and O–H groups in total. The molecule has 0 aliphatic carbocycles. The maximum Gasteiger partial charge on any atom is 0.240 e. The Labute approximate surface area is 103 Å². The third-order valence-electron chi connectivity index (χ3n) is 3.14. The van der Waals surface area contributed by atoms with Crippen molar-refractivity contribution in [2.45, 2.75) is 45.1 Å². The highest BCUT2D eigenvalue weighted by atomic mass is 16.2. The van der Waals surface area contributed by atoms with Crippen LogP contribution >= 0.6 is 0 Å². The van der Waals surface area contributed by atoms with Gasteiger partial charge in [-0.2, -0.15) is 0 Å². The Morgan fingerprint density at radius 1 is 1.29 bits per heavy atom. The number of nitrogens with one attached hydrogen (secondary N) is 3. The summed E-state index contributed by atoms with van der Waals surface area (Å²) in [6.45, 7) is 5.47. The van der Waals surface area contributed by atoms with Crippen LogP contribution < -0.4 is 16.0 Å². The summed E-state index contributed by atoms with van der Waals surface area (Å²) in [4.78, 5) is 23.4.